The minimum absolute atomic E-state index is 0.0262. The molecule has 1 aromatic carbocycles. The molecule has 6 heteroatoms. The average molecular weight is 285 g/mol. The maximum atomic E-state index is 13.6. The van der Waals surface area contributed by atoms with Gasteiger partial charge in [-0.2, -0.15) is 17.6 Å². The van der Waals surface area contributed by atoms with Gasteiger partial charge in [0.25, 0.3) is 0 Å². The Labute approximate surface area is 111 Å². The summed E-state index contributed by atoms with van der Waals surface area (Å²) >= 11 is 0. The van der Waals surface area contributed by atoms with E-state index in [4.69, 9.17) is 0 Å². The van der Waals surface area contributed by atoms with Crippen molar-refractivity contribution < 1.29 is 22.4 Å². The zero-order valence-electron chi connectivity index (χ0n) is 10.5. The van der Waals surface area contributed by atoms with Gasteiger partial charge in [-0.15, -0.1) is 0 Å². The summed E-state index contributed by atoms with van der Waals surface area (Å²) in [6, 6.07) is 6.66. The van der Waals surface area contributed by atoms with Crippen LogP contribution >= 0.6 is 0 Å². The van der Waals surface area contributed by atoms with Crippen LogP contribution < -0.4 is 0 Å². The molecule has 1 N–H and O–H groups in total. The number of aromatic amines is 1. The summed E-state index contributed by atoms with van der Waals surface area (Å²) in [6.07, 6.45) is 0.163. The van der Waals surface area contributed by atoms with Crippen molar-refractivity contribution in [1.82, 2.24) is 4.98 Å². The molecule has 1 aliphatic carbocycles. The first-order chi connectivity index (χ1) is 9.21. The molecular weight excluding hydrogens is 274 g/mol. The summed E-state index contributed by atoms with van der Waals surface area (Å²) in [4.78, 5) is 15.1. The van der Waals surface area contributed by atoms with Crippen molar-refractivity contribution in [2.75, 3.05) is 0 Å². The van der Waals surface area contributed by atoms with Gasteiger partial charge >= 0.3 is 11.8 Å². The largest absolute Gasteiger partial charge is 0.360 e. The number of ketones is 1. The molecule has 1 heterocycles. The fourth-order valence-corrected chi connectivity index (χ4v) is 2.74. The Hall–Kier alpha value is -1.85. The lowest BCUT2D eigenvalue weighted by atomic mass is 9.60. The van der Waals surface area contributed by atoms with Crippen molar-refractivity contribution in [3.05, 3.63) is 36.0 Å². The first-order valence-corrected chi connectivity index (χ1v) is 6.07. The molecule has 1 atom stereocenters. The number of rotatable bonds is 2. The number of fused-ring (bicyclic) bond motifs is 1. The molecule has 20 heavy (non-hydrogen) atoms. The van der Waals surface area contributed by atoms with Crippen LogP contribution in [0.4, 0.5) is 17.6 Å². The fourth-order valence-electron chi connectivity index (χ4n) is 2.74. The number of H-pyrrole nitrogens is 1. The summed E-state index contributed by atoms with van der Waals surface area (Å²) in [6.45, 7) is 0.897. The first-order valence-electron chi connectivity index (χ1n) is 6.07. The molecule has 1 fully saturated rings. The molecule has 0 amide bonds. The highest BCUT2D eigenvalue weighted by Crippen LogP contribution is 2.64. The number of hydrogen-bond acceptors (Lipinski definition) is 1. The summed E-state index contributed by atoms with van der Waals surface area (Å²) in [7, 11) is 0. The number of nitrogens with one attached hydrogen (secondary N) is 1. The Balaban J connectivity index is 2.06. The predicted octanol–water partition coefficient (Wildman–Crippen LogP) is 4.03. The minimum atomic E-state index is -4.32. The summed E-state index contributed by atoms with van der Waals surface area (Å²) in [5, 5.41) is 0.463. The van der Waals surface area contributed by atoms with Gasteiger partial charge in [0, 0.05) is 29.1 Å². The molecule has 1 aliphatic rings. The number of halogens is 4. The van der Waals surface area contributed by atoms with Crippen LogP contribution in [0.1, 0.15) is 23.7 Å². The monoisotopic (exact) mass is 285 g/mol. The normalized spacial score (nSPS) is 27.2. The second kappa shape index (κ2) is 3.62. The molecule has 0 aliphatic heterocycles. The van der Waals surface area contributed by atoms with E-state index in [9.17, 15) is 22.4 Å². The SMILES string of the molecule is CC1(C(=O)c2c[nH]c3ccccc23)CC(F)(F)C1(F)F. The fraction of sp³-hybridized carbons (Fsp3) is 0.357. The molecule has 0 spiro atoms. The second-order valence-electron chi connectivity index (χ2n) is 5.36. The Morgan fingerprint density at radius 2 is 1.85 bits per heavy atom. The van der Waals surface area contributed by atoms with Gasteiger partial charge in [0.15, 0.2) is 5.78 Å². The van der Waals surface area contributed by atoms with Crippen LogP contribution in [0.3, 0.4) is 0 Å². The van der Waals surface area contributed by atoms with E-state index in [1.165, 1.54) is 6.20 Å². The molecule has 2 aromatic rings. The van der Waals surface area contributed by atoms with E-state index in [-0.39, 0.29) is 5.56 Å². The average Bonchev–Trinajstić information content (AvgIpc) is 2.80. The lowest BCUT2D eigenvalue weighted by Crippen LogP contribution is -2.68. The van der Waals surface area contributed by atoms with Crippen molar-refractivity contribution in [3.8, 4) is 0 Å². The lowest BCUT2D eigenvalue weighted by molar-refractivity contribution is -0.333. The third-order valence-corrected chi connectivity index (χ3v) is 4.06. The van der Waals surface area contributed by atoms with Gasteiger partial charge in [-0.3, -0.25) is 4.79 Å². The summed E-state index contributed by atoms with van der Waals surface area (Å²) < 4.78 is 53.3. The van der Waals surface area contributed by atoms with Crippen LogP contribution in [-0.2, 0) is 0 Å². The molecule has 1 saturated carbocycles. The zero-order valence-corrected chi connectivity index (χ0v) is 10.5. The van der Waals surface area contributed by atoms with Crippen LogP contribution in [0, 0.1) is 5.41 Å². The van der Waals surface area contributed by atoms with E-state index < -0.39 is 29.5 Å². The minimum Gasteiger partial charge on any atom is -0.360 e. The van der Waals surface area contributed by atoms with E-state index >= 15 is 0 Å². The van der Waals surface area contributed by atoms with Crippen LogP contribution in [0.25, 0.3) is 10.9 Å². The number of carbonyl (C=O) groups excluding carboxylic acids is 1. The van der Waals surface area contributed by atoms with Crippen molar-refractivity contribution in [2.45, 2.75) is 25.2 Å². The highest BCUT2D eigenvalue weighted by molar-refractivity contribution is 6.11. The van der Waals surface area contributed by atoms with Crippen molar-refractivity contribution in [2.24, 2.45) is 5.41 Å². The van der Waals surface area contributed by atoms with Crippen molar-refractivity contribution >= 4 is 16.7 Å². The van der Waals surface area contributed by atoms with E-state index in [1.54, 1.807) is 24.3 Å². The summed E-state index contributed by atoms with van der Waals surface area (Å²) in [5.41, 5.74) is -1.73. The molecular formula is C14H11F4NO. The molecule has 0 saturated heterocycles. The maximum absolute atomic E-state index is 13.6. The van der Waals surface area contributed by atoms with E-state index in [0.29, 0.717) is 10.9 Å². The number of carbonyl (C=O) groups is 1. The number of alkyl halides is 4. The Morgan fingerprint density at radius 3 is 2.45 bits per heavy atom. The number of benzene rings is 1. The molecule has 0 radical (unpaired) electrons. The molecule has 1 aromatic heterocycles. The van der Waals surface area contributed by atoms with Gasteiger partial charge in [0.1, 0.15) is 5.41 Å². The number of aromatic nitrogens is 1. The van der Waals surface area contributed by atoms with Gasteiger partial charge in [0.2, 0.25) is 0 Å². The Morgan fingerprint density at radius 1 is 1.20 bits per heavy atom. The molecule has 1 unspecified atom stereocenters. The van der Waals surface area contributed by atoms with Gasteiger partial charge < -0.3 is 4.98 Å². The van der Waals surface area contributed by atoms with Gasteiger partial charge in [-0.25, -0.2) is 0 Å². The van der Waals surface area contributed by atoms with Crippen LogP contribution in [0.2, 0.25) is 0 Å². The number of Topliss-reactive ketones (excluding diaryl/α,β-unsaturated/α-hetero) is 1. The quantitative estimate of drug-likeness (QED) is 0.655. The van der Waals surface area contributed by atoms with Crippen LogP contribution in [0.15, 0.2) is 30.5 Å². The standard InChI is InChI=1S/C14H11F4NO/c1-12(7-13(15,16)14(12,17)18)11(20)9-6-19-10-5-3-2-4-8(9)10/h2-6,19H,7H2,1H3. The van der Waals surface area contributed by atoms with E-state index in [0.717, 1.165) is 6.92 Å². The lowest BCUT2D eigenvalue weighted by Gasteiger charge is -2.50. The first kappa shape index (κ1) is 13.1. The topological polar surface area (TPSA) is 32.9 Å². The van der Waals surface area contributed by atoms with E-state index in [1.807, 2.05) is 0 Å². The van der Waals surface area contributed by atoms with Gasteiger partial charge in [-0.1, -0.05) is 18.2 Å². The molecule has 106 valence electrons. The predicted molar refractivity (Wildman–Crippen MR) is 65.2 cm³/mol. The summed E-state index contributed by atoms with van der Waals surface area (Å²) in [5.74, 6) is -9.40. The third kappa shape index (κ3) is 1.36. The van der Waals surface area contributed by atoms with Crippen molar-refractivity contribution in [3.63, 3.8) is 0 Å². The smallest absolute Gasteiger partial charge is 0.322 e. The van der Waals surface area contributed by atoms with E-state index in [2.05, 4.69) is 4.98 Å². The maximum Gasteiger partial charge on any atom is 0.322 e. The molecule has 2 nitrogen and oxygen atoms in total. The van der Waals surface area contributed by atoms with Crippen molar-refractivity contribution in [1.29, 1.82) is 0 Å². The Bertz CT molecular complexity index is 706. The third-order valence-electron chi connectivity index (χ3n) is 4.06. The highest BCUT2D eigenvalue weighted by Gasteiger charge is 2.80. The number of hydrogen-bond donors (Lipinski definition) is 1. The van der Waals surface area contributed by atoms with Crippen LogP contribution in [-0.4, -0.2) is 22.6 Å². The highest BCUT2D eigenvalue weighted by atomic mass is 19.3. The molecule has 3 rings (SSSR count). The molecule has 0 bridgehead atoms. The van der Waals surface area contributed by atoms with Gasteiger partial charge in [0.05, 0.1) is 0 Å². The zero-order chi connectivity index (χ0) is 14.8. The van der Waals surface area contributed by atoms with Gasteiger partial charge in [-0.05, 0) is 13.0 Å². The van der Waals surface area contributed by atoms with Crippen LogP contribution in [0.5, 0.6) is 0 Å². The number of para-hydroxylation sites is 1. The second-order valence-corrected chi connectivity index (χ2v) is 5.36. The Kier molecular flexibility index (Phi) is 2.38.